The lowest BCUT2D eigenvalue weighted by Gasteiger charge is -2.33. The number of esters is 1. The summed E-state index contributed by atoms with van der Waals surface area (Å²) >= 11 is 0. The number of rotatable bonds is 7. The molecule has 0 spiro atoms. The van der Waals surface area contributed by atoms with Gasteiger partial charge in [-0.2, -0.15) is 0 Å². The van der Waals surface area contributed by atoms with E-state index in [0.29, 0.717) is 49.7 Å². The molecule has 32 heavy (non-hydrogen) atoms. The maximum Gasteiger partial charge on any atom is 0.305 e. The highest BCUT2D eigenvalue weighted by atomic mass is 19.1. The summed E-state index contributed by atoms with van der Waals surface area (Å²) < 4.78 is 34.0. The number of anilines is 1. The van der Waals surface area contributed by atoms with Gasteiger partial charge in [-0.3, -0.25) is 9.36 Å². The minimum atomic E-state index is -2.20. The maximum atomic E-state index is 15.9. The monoisotopic (exact) mass is 451 g/mol. The fourth-order valence-corrected chi connectivity index (χ4v) is 4.09. The molecule has 2 fully saturated rings. The van der Waals surface area contributed by atoms with Crippen molar-refractivity contribution in [2.75, 3.05) is 37.8 Å². The highest BCUT2D eigenvalue weighted by Crippen LogP contribution is 2.49. The third-order valence-electron chi connectivity index (χ3n) is 6.41. The molecule has 0 saturated carbocycles. The van der Waals surface area contributed by atoms with Gasteiger partial charge in [0, 0.05) is 19.5 Å². The van der Waals surface area contributed by atoms with Crippen LogP contribution in [0.2, 0.25) is 0 Å². The SMILES string of the molecule is CCCCC(=O)OC[C@H]1O[C@H](n2cnc3c(N4CCOCC4)ncnc32)[C@](C)(F)[C@@]1(C)O. The van der Waals surface area contributed by atoms with E-state index < -0.39 is 29.6 Å². The van der Waals surface area contributed by atoms with E-state index in [4.69, 9.17) is 14.2 Å². The number of hydrogen-bond donors (Lipinski definition) is 1. The van der Waals surface area contributed by atoms with Gasteiger partial charge in [-0.25, -0.2) is 19.3 Å². The Labute approximate surface area is 185 Å². The Morgan fingerprint density at radius 2 is 2.06 bits per heavy atom. The van der Waals surface area contributed by atoms with E-state index in [9.17, 15) is 9.90 Å². The molecule has 2 aromatic heterocycles. The smallest absolute Gasteiger partial charge is 0.305 e. The topological polar surface area (TPSA) is 112 Å². The summed E-state index contributed by atoms with van der Waals surface area (Å²) in [4.78, 5) is 27.0. The van der Waals surface area contributed by atoms with E-state index in [1.54, 1.807) is 0 Å². The minimum Gasteiger partial charge on any atom is -0.463 e. The molecule has 11 heteroatoms. The first kappa shape index (κ1) is 22.8. The van der Waals surface area contributed by atoms with Crippen molar-refractivity contribution < 1.29 is 28.5 Å². The Morgan fingerprint density at radius 3 is 2.78 bits per heavy atom. The molecule has 4 heterocycles. The number of carbonyl (C=O) groups excluding carboxylic acids is 1. The molecule has 2 aromatic rings. The second-order valence-corrected chi connectivity index (χ2v) is 8.61. The van der Waals surface area contributed by atoms with Crippen molar-refractivity contribution in [3.63, 3.8) is 0 Å². The number of hydrogen-bond acceptors (Lipinski definition) is 9. The Morgan fingerprint density at radius 1 is 1.31 bits per heavy atom. The van der Waals surface area contributed by atoms with Crippen LogP contribution >= 0.6 is 0 Å². The summed E-state index contributed by atoms with van der Waals surface area (Å²) in [5.74, 6) is 0.245. The number of aliphatic hydroxyl groups is 1. The Hall–Kier alpha value is -2.37. The van der Waals surface area contributed by atoms with Gasteiger partial charge in [-0.1, -0.05) is 13.3 Å². The van der Waals surface area contributed by atoms with Gasteiger partial charge >= 0.3 is 5.97 Å². The van der Waals surface area contributed by atoms with E-state index in [0.717, 1.165) is 6.42 Å². The number of aromatic nitrogens is 4. The normalized spacial score (nSPS) is 30.7. The van der Waals surface area contributed by atoms with Crippen molar-refractivity contribution in [3.8, 4) is 0 Å². The first-order valence-corrected chi connectivity index (χ1v) is 11.0. The molecule has 10 nitrogen and oxygen atoms in total. The number of ether oxygens (including phenoxy) is 3. The summed E-state index contributed by atoms with van der Waals surface area (Å²) in [6.07, 6.45) is 2.42. The van der Waals surface area contributed by atoms with Crippen LogP contribution in [0.4, 0.5) is 10.2 Å². The van der Waals surface area contributed by atoms with Crippen LogP contribution < -0.4 is 4.90 Å². The number of imidazole rings is 1. The summed E-state index contributed by atoms with van der Waals surface area (Å²) in [6.45, 7) is 6.86. The number of fused-ring (bicyclic) bond motifs is 1. The predicted molar refractivity (Wildman–Crippen MR) is 113 cm³/mol. The quantitative estimate of drug-likeness (QED) is 0.630. The molecule has 2 saturated heterocycles. The Kier molecular flexibility index (Phi) is 6.33. The number of unbranched alkanes of at least 4 members (excludes halogenated alkanes) is 1. The van der Waals surface area contributed by atoms with Gasteiger partial charge in [0.1, 0.15) is 24.6 Å². The molecule has 0 amide bonds. The van der Waals surface area contributed by atoms with Gasteiger partial charge in [0.2, 0.25) is 0 Å². The zero-order chi connectivity index (χ0) is 22.9. The number of alkyl halides is 1. The molecule has 4 atom stereocenters. The molecule has 0 aromatic carbocycles. The first-order valence-electron chi connectivity index (χ1n) is 11.0. The molecule has 1 N–H and O–H groups in total. The van der Waals surface area contributed by atoms with Crippen LogP contribution in [0.15, 0.2) is 12.7 Å². The third kappa shape index (κ3) is 3.93. The fourth-order valence-electron chi connectivity index (χ4n) is 4.09. The third-order valence-corrected chi connectivity index (χ3v) is 6.41. The van der Waals surface area contributed by atoms with E-state index in [1.165, 1.54) is 31.1 Å². The molecule has 0 aliphatic carbocycles. The van der Waals surface area contributed by atoms with Crippen LogP contribution in [0, 0.1) is 0 Å². The number of nitrogens with zero attached hydrogens (tertiary/aromatic N) is 5. The second kappa shape index (κ2) is 8.87. The van der Waals surface area contributed by atoms with E-state index >= 15 is 4.39 Å². The molecular formula is C21H30FN5O5. The lowest BCUT2D eigenvalue weighted by Crippen LogP contribution is -2.52. The summed E-state index contributed by atoms with van der Waals surface area (Å²) in [5.41, 5.74) is -3.19. The summed E-state index contributed by atoms with van der Waals surface area (Å²) in [5, 5.41) is 11.0. The maximum absolute atomic E-state index is 15.9. The van der Waals surface area contributed by atoms with Gasteiger partial charge in [0.25, 0.3) is 0 Å². The van der Waals surface area contributed by atoms with Crippen molar-refractivity contribution in [2.24, 2.45) is 0 Å². The number of carbonyl (C=O) groups is 1. The van der Waals surface area contributed by atoms with Crippen molar-refractivity contribution in [2.45, 2.75) is 63.6 Å². The largest absolute Gasteiger partial charge is 0.463 e. The van der Waals surface area contributed by atoms with Crippen molar-refractivity contribution in [3.05, 3.63) is 12.7 Å². The van der Waals surface area contributed by atoms with Gasteiger partial charge in [-0.15, -0.1) is 0 Å². The van der Waals surface area contributed by atoms with Crippen LogP contribution in [0.3, 0.4) is 0 Å². The molecule has 0 radical (unpaired) electrons. The molecule has 0 bridgehead atoms. The van der Waals surface area contributed by atoms with E-state index in [2.05, 4.69) is 15.0 Å². The fraction of sp³-hybridized carbons (Fsp3) is 0.714. The molecule has 0 unspecified atom stereocenters. The highest BCUT2D eigenvalue weighted by Gasteiger charge is 2.63. The average molecular weight is 451 g/mol. The van der Waals surface area contributed by atoms with Crippen LogP contribution in [-0.2, 0) is 19.0 Å². The van der Waals surface area contributed by atoms with Gasteiger partial charge in [-0.05, 0) is 20.3 Å². The summed E-state index contributed by atoms with van der Waals surface area (Å²) in [6, 6.07) is 0. The van der Waals surface area contributed by atoms with Crippen molar-refractivity contribution in [1.82, 2.24) is 19.5 Å². The van der Waals surface area contributed by atoms with Crippen LogP contribution in [0.25, 0.3) is 11.2 Å². The molecule has 2 aliphatic heterocycles. The van der Waals surface area contributed by atoms with Crippen molar-refractivity contribution >= 4 is 23.0 Å². The summed E-state index contributed by atoms with van der Waals surface area (Å²) in [7, 11) is 0. The average Bonchev–Trinajstić information content (AvgIpc) is 3.28. The van der Waals surface area contributed by atoms with Gasteiger partial charge in [0.05, 0.1) is 19.5 Å². The minimum absolute atomic E-state index is 0.244. The van der Waals surface area contributed by atoms with Crippen LogP contribution in [-0.4, -0.2) is 80.9 Å². The first-order chi connectivity index (χ1) is 15.3. The lowest BCUT2D eigenvalue weighted by molar-refractivity contribution is -0.153. The molecule has 4 rings (SSSR count). The van der Waals surface area contributed by atoms with Crippen LogP contribution in [0.5, 0.6) is 0 Å². The lowest BCUT2D eigenvalue weighted by atomic mass is 9.84. The molecule has 2 aliphatic rings. The predicted octanol–water partition coefficient (Wildman–Crippen LogP) is 1.77. The zero-order valence-electron chi connectivity index (χ0n) is 18.7. The second-order valence-electron chi connectivity index (χ2n) is 8.61. The van der Waals surface area contributed by atoms with E-state index in [-0.39, 0.29) is 13.0 Å². The molecular weight excluding hydrogens is 421 g/mol. The Balaban J connectivity index is 1.59. The van der Waals surface area contributed by atoms with Gasteiger partial charge < -0.3 is 24.2 Å². The highest BCUT2D eigenvalue weighted by molar-refractivity contribution is 5.83. The molecule has 176 valence electrons. The van der Waals surface area contributed by atoms with Crippen LogP contribution in [0.1, 0.15) is 46.3 Å². The van der Waals surface area contributed by atoms with Crippen molar-refractivity contribution in [1.29, 1.82) is 0 Å². The van der Waals surface area contributed by atoms with Gasteiger partial charge in [0.15, 0.2) is 28.9 Å². The zero-order valence-corrected chi connectivity index (χ0v) is 18.7. The standard InChI is InChI=1S/C21H30FN5O5/c1-4-5-6-15(28)31-11-14-21(3,29)20(2,22)19(32-14)27-13-25-16-17(23-12-24-18(16)27)26-7-9-30-10-8-26/h12-14,19,29H,4-11H2,1-3H3/t14-,19+,20+,21+/m1/s1. The Bertz CT molecular complexity index is 959. The number of morpholine rings is 1. The number of halogens is 1. The van der Waals surface area contributed by atoms with E-state index in [1.807, 2.05) is 11.8 Å².